The number of hydrogen-bond donors (Lipinski definition) is 1. The second kappa shape index (κ2) is 4.82. The normalized spacial score (nSPS) is 20.7. The Morgan fingerprint density at radius 3 is 3.22 bits per heavy atom. The maximum Gasteiger partial charge on any atom is 0.183 e. The predicted octanol–water partition coefficient (Wildman–Crippen LogP) is 2.94. The SMILES string of the molecule is CN1CCCC1CNc1nc2cc(F)ccc2s1. The first-order valence-electron chi connectivity index (χ1n) is 6.22. The van der Waals surface area contributed by atoms with E-state index >= 15 is 0 Å². The number of likely N-dealkylation sites (N-methyl/N-ethyl adjacent to an activating group) is 1. The average Bonchev–Trinajstić information content (AvgIpc) is 2.92. The molecular formula is C13H16FN3S. The maximum absolute atomic E-state index is 13.1. The standard InChI is InChI=1S/C13H16FN3S/c1-17-6-2-3-10(17)8-15-13-16-11-7-9(14)4-5-12(11)18-13/h4-5,7,10H,2-3,6,8H2,1H3,(H,15,16). The third-order valence-corrected chi connectivity index (χ3v) is 4.50. The summed E-state index contributed by atoms with van der Waals surface area (Å²) in [7, 11) is 2.16. The van der Waals surface area contributed by atoms with Gasteiger partial charge in [-0.15, -0.1) is 0 Å². The lowest BCUT2D eigenvalue weighted by molar-refractivity contribution is 0.322. The van der Waals surface area contributed by atoms with Gasteiger partial charge in [-0.3, -0.25) is 0 Å². The Balaban J connectivity index is 1.71. The van der Waals surface area contributed by atoms with Gasteiger partial charge in [0.1, 0.15) is 5.82 Å². The third-order valence-electron chi connectivity index (χ3n) is 3.51. The summed E-state index contributed by atoms with van der Waals surface area (Å²) in [6.07, 6.45) is 2.51. The van der Waals surface area contributed by atoms with E-state index in [0.29, 0.717) is 6.04 Å². The van der Waals surface area contributed by atoms with Crippen molar-refractivity contribution >= 4 is 26.7 Å². The topological polar surface area (TPSA) is 28.2 Å². The van der Waals surface area contributed by atoms with Crippen LogP contribution in [0.4, 0.5) is 9.52 Å². The molecule has 5 heteroatoms. The smallest absolute Gasteiger partial charge is 0.183 e. The Morgan fingerprint density at radius 2 is 2.44 bits per heavy atom. The molecule has 1 aliphatic heterocycles. The van der Waals surface area contributed by atoms with Gasteiger partial charge in [0.15, 0.2) is 5.13 Å². The first-order chi connectivity index (χ1) is 8.72. The van der Waals surface area contributed by atoms with E-state index in [2.05, 4.69) is 22.2 Å². The molecule has 2 aromatic rings. The number of aromatic nitrogens is 1. The fourth-order valence-electron chi connectivity index (χ4n) is 2.42. The van der Waals surface area contributed by atoms with Gasteiger partial charge in [0.05, 0.1) is 10.2 Å². The average molecular weight is 265 g/mol. The number of nitrogens with one attached hydrogen (secondary N) is 1. The molecule has 1 fully saturated rings. The van der Waals surface area contributed by atoms with Crippen LogP contribution in [-0.4, -0.2) is 36.1 Å². The summed E-state index contributed by atoms with van der Waals surface area (Å²) in [5.41, 5.74) is 0.738. The molecule has 18 heavy (non-hydrogen) atoms. The third kappa shape index (κ3) is 2.33. The Hall–Kier alpha value is -1.20. The maximum atomic E-state index is 13.1. The van der Waals surface area contributed by atoms with Crippen LogP contribution in [0.2, 0.25) is 0 Å². The van der Waals surface area contributed by atoms with Gasteiger partial charge in [-0.2, -0.15) is 0 Å². The molecule has 0 saturated carbocycles. The lowest BCUT2D eigenvalue weighted by atomic mass is 10.2. The van der Waals surface area contributed by atoms with Gasteiger partial charge in [0.25, 0.3) is 0 Å². The quantitative estimate of drug-likeness (QED) is 0.925. The molecule has 1 aliphatic rings. The predicted molar refractivity (Wildman–Crippen MR) is 73.7 cm³/mol. The summed E-state index contributed by atoms with van der Waals surface area (Å²) >= 11 is 1.58. The molecule has 0 spiro atoms. The summed E-state index contributed by atoms with van der Waals surface area (Å²) in [6, 6.07) is 5.34. The van der Waals surface area contributed by atoms with Gasteiger partial charge >= 0.3 is 0 Å². The summed E-state index contributed by atoms with van der Waals surface area (Å²) < 4.78 is 14.1. The van der Waals surface area contributed by atoms with E-state index in [0.717, 1.165) is 21.9 Å². The van der Waals surface area contributed by atoms with E-state index in [1.54, 1.807) is 17.4 Å². The van der Waals surface area contributed by atoms with Crippen molar-refractivity contribution in [3.8, 4) is 0 Å². The number of anilines is 1. The highest BCUT2D eigenvalue weighted by atomic mass is 32.1. The van der Waals surface area contributed by atoms with Crippen LogP contribution in [0.1, 0.15) is 12.8 Å². The van der Waals surface area contributed by atoms with Crippen LogP contribution in [-0.2, 0) is 0 Å². The van der Waals surface area contributed by atoms with Gasteiger partial charge in [-0.05, 0) is 38.6 Å². The van der Waals surface area contributed by atoms with Crippen LogP contribution in [0, 0.1) is 5.82 Å². The number of fused-ring (bicyclic) bond motifs is 1. The molecule has 1 aromatic heterocycles. The van der Waals surface area contributed by atoms with Gasteiger partial charge < -0.3 is 10.2 Å². The van der Waals surface area contributed by atoms with Crippen LogP contribution < -0.4 is 5.32 Å². The number of likely N-dealkylation sites (tertiary alicyclic amines) is 1. The van der Waals surface area contributed by atoms with Crippen molar-refractivity contribution in [1.29, 1.82) is 0 Å². The summed E-state index contributed by atoms with van der Waals surface area (Å²) in [6.45, 7) is 2.09. The Kier molecular flexibility index (Phi) is 3.18. The number of hydrogen-bond acceptors (Lipinski definition) is 4. The van der Waals surface area contributed by atoms with Crippen molar-refractivity contribution in [3.63, 3.8) is 0 Å². The number of benzene rings is 1. The van der Waals surface area contributed by atoms with Crippen molar-refractivity contribution < 1.29 is 4.39 Å². The van der Waals surface area contributed by atoms with Crippen LogP contribution in [0.5, 0.6) is 0 Å². The first kappa shape index (κ1) is 11.9. The van der Waals surface area contributed by atoms with E-state index in [-0.39, 0.29) is 5.82 Å². The van der Waals surface area contributed by atoms with Crippen molar-refractivity contribution in [2.24, 2.45) is 0 Å². The molecule has 3 nitrogen and oxygen atoms in total. The molecule has 96 valence electrons. The molecule has 1 atom stereocenters. The van der Waals surface area contributed by atoms with Gasteiger partial charge in [0, 0.05) is 18.7 Å². The minimum Gasteiger partial charge on any atom is -0.360 e. The van der Waals surface area contributed by atoms with Crippen molar-refractivity contribution in [2.75, 3.05) is 25.5 Å². The zero-order chi connectivity index (χ0) is 12.5. The van der Waals surface area contributed by atoms with Gasteiger partial charge in [-0.25, -0.2) is 9.37 Å². The summed E-state index contributed by atoms with van der Waals surface area (Å²) in [4.78, 5) is 6.78. The Morgan fingerprint density at radius 1 is 1.56 bits per heavy atom. The van der Waals surface area contributed by atoms with E-state index in [1.165, 1.54) is 31.5 Å². The van der Waals surface area contributed by atoms with Crippen molar-refractivity contribution in [3.05, 3.63) is 24.0 Å². The number of nitrogens with zero attached hydrogens (tertiary/aromatic N) is 2. The molecule has 0 radical (unpaired) electrons. The minimum atomic E-state index is -0.227. The molecule has 0 aliphatic carbocycles. The summed E-state index contributed by atoms with van der Waals surface area (Å²) in [5.74, 6) is -0.227. The number of halogens is 1. The Bertz CT molecular complexity index is 554. The molecule has 1 N–H and O–H groups in total. The van der Waals surface area contributed by atoms with Crippen LogP contribution in [0.15, 0.2) is 18.2 Å². The highest BCUT2D eigenvalue weighted by Crippen LogP contribution is 2.26. The van der Waals surface area contributed by atoms with E-state index < -0.39 is 0 Å². The molecule has 0 amide bonds. The van der Waals surface area contributed by atoms with Gasteiger partial charge in [-0.1, -0.05) is 11.3 Å². The molecule has 0 bridgehead atoms. The molecule has 2 heterocycles. The summed E-state index contributed by atoms with van der Waals surface area (Å²) in [5, 5.41) is 4.25. The number of rotatable bonds is 3. The van der Waals surface area contributed by atoms with E-state index in [4.69, 9.17) is 0 Å². The molecule has 1 unspecified atom stereocenters. The van der Waals surface area contributed by atoms with Crippen molar-refractivity contribution in [1.82, 2.24) is 9.88 Å². The largest absolute Gasteiger partial charge is 0.360 e. The molecule has 1 saturated heterocycles. The second-order valence-electron chi connectivity index (χ2n) is 4.79. The highest BCUT2D eigenvalue weighted by molar-refractivity contribution is 7.22. The monoisotopic (exact) mass is 265 g/mol. The van der Waals surface area contributed by atoms with E-state index in [9.17, 15) is 4.39 Å². The minimum absolute atomic E-state index is 0.227. The zero-order valence-corrected chi connectivity index (χ0v) is 11.1. The van der Waals surface area contributed by atoms with Crippen LogP contribution in [0.25, 0.3) is 10.2 Å². The van der Waals surface area contributed by atoms with Crippen LogP contribution in [0.3, 0.4) is 0 Å². The van der Waals surface area contributed by atoms with Crippen LogP contribution >= 0.6 is 11.3 Å². The fourth-order valence-corrected chi connectivity index (χ4v) is 3.27. The number of thiazole rings is 1. The molecular weight excluding hydrogens is 249 g/mol. The highest BCUT2D eigenvalue weighted by Gasteiger charge is 2.20. The second-order valence-corrected chi connectivity index (χ2v) is 5.82. The Labute approximate surface area is 110 Å². The lowest BCUT2D eigenvalue weighted by Gasteiger charge is -2.19. The molecule has 3 rings (SSSR count). The lowest BCUT2D eigenvalue weighted by Crippen LogP contribution is -2.31. The fraction of sp³-hybridized carbons (Fsp3) is 0.462. The molecule has 1 aromatic carbocycles. The first-order valence-corrected chi connectivity index (χ1v) is 7.04. The zero-order valence-electron chi connectivity index (χ0n) is 10.3. The van der Waals surface area contributed by atoms with E-state index in [1.807, 2.05) is 0 Å². The van der Waals surface area contributed by atoms with Gasteiger partial charge in [0.2, 0.25) is 0 Å². The van der Waals surface area contributed by atoms with Crippen molar-refractivity contribution in [2.45, 2.75) is 18.9 Å².